The highest BCUT2D eigenvalue weighted by Crippen LogP contribution is 2.25. The average molecular weight is 436 g/mol. The van der Waals surface area contributed by atoms with Crippen LogP contribution in [0.3, 0.4) is 0 Å². The van der Waals surface area contributed by atoms with E-state index in [1.807, 2.05) is 0 Å². The van der Waals surface area contributed by atoms with Gasteiger partial charge >= 0.3 is 5.69 Å². The Morgan fingerprint density at radius 3 is 2.53 bits per heavy atom. The SMILES string of the molecule is CC(C)(O)Cn1ccn(-c2ccc(Cl)c(C(=O)NC(O)C3CCCCCC3)c2)c1=O. The zero-order chi connectivity index (χ0) is 21.9. The fraction of sp³-hybridized carbons (Fsp3) is 0.545. The van der Waals surface area contributed by atoms with Crippen LogP contribution in [0, 0.1) is 5.92 Å². The van der Waals surface area contributed by atoms with Crippen molar-refractivity contribution in [3.63, 3.8) is 0 Å². The number of aliphatic hydroxyl groups is 2. The molecule has 1 atom stereocenters. The molecule has 0 bridgehead atoms. The number of amides is 1. The Morgan fingerprint density at radius 2 is 1.90 bits per heavy atom. The number of nitrogens with zero attached hydrogens (tertiary/aromatic N) is 2. The van der Waals surface area contributed by atoms with Crippen molar-refractivity contribution in [3.8, 4) is 5.69 Å². The number of imidazole rings is 1. The Hall–Kier alpha value is -2.09. The predicted octanol–water partition coefficient (Wildman–Crippen LogP) is 3.08. The second-order valence-electron chi connectivity index (χ2n) is 8.73. The third-order valence-corrected chi connectivity index (χ3v) is 5.83. The van der Waals surface area contributed by atoms with Crippen LogP contribution in [-0.2, 0) is 6.54 Å². The van der Waals surface area contributed by atoms with E-state index in [0.717, 1.165) is 38.5 Å². The van der Waals surface area contributed by atoms with Gasteiger partial charge in [0, 0.05) is 18.3 Å². The fourth-order valence-electron chi connectivity index (χ4n) is 3.94. The normalized spacial score (nSPS) is 16.8. The van der Waals surface area contributed by atoms with Gasteiger partial charge in [-0.2, -0.15) is 0 Å². The molecule has 0 radical (unpaired) electrons. The van der Waals surface area contributed by atoms with Crippen LogP contribution in [0.4, 0.5) is 0 Å². The summed E-state index contributed by atoms with van der Waals surface area (Å²) in [5.41, 5.74) is -0.684. The van der Waals surface area contributed by atoms with E-state index in [-0.39, 0.29) is 28.7 Å². The van der Waals surface area contributed by atoms with Gasteiger partial charge in [0.05, 0.1) is 28.4 Å². The number of nitrogens with one attached hydrogen (secondary N) is 1. The molecule has 1 saturated carbocycles. The van der Waals surface area contributed by atoms with E-state index in [1.54, 1.807) is 38.4 Å². The number of rotatable bonds is 6. The molecule has 1 amide bonds. The number of hydrogen-bond acceptors (Lipinski definition) is 4. The van der Waals surface area contributed by atoms with E-state index in [4.69, 9.17) is 11.6 Å². The van der Waals surface area contributed by atoms with E-state index in [0.29, 0.717) is 5.69 Å². The minimum atomic E-state index is -1.03. The topological polar surface area (TPSA) is 96.5 Å². The van der Waals surface area contributed by atoms with Crippen molar-refractivity contribution in [1.29, 1.82) is 0 Å². The third kappa shape index (κ3) is 5.53. The van der Waals surface area contributed by atoms with Crippen molar-refractivity contribution >= 4 is 17.5 Å². The Balaban J connectivity index is 1.80. The van der Waals surface area contributed by atoms with Gasteiger partial charge in [-0.25, -0.2) is 4.79 Å². The molecule has 1 unspecified atom stereocenters. The van der Waals surface area contributed by atoms with E-state index >= 15 is 0 Å². The maximum absolute atomic E-state index is 12.8. The summed E-state index contributed by atoms with van der Waals surface area (Å²) in [6.45, 7) is 3.40. The van der Waals surface area contributed by atoms with Crippen molar-refractivity contribution in [1.82, 2.24) is 14.5 Å². The van der Waals surface area contributed by atoms with Crippen LogP contribution >= 0.6 is 11.6 Å². The summed E-state index contributed by atoms with van der Waals surface area (Å²) >= 11 is 6.24. The molecule has 2 aromatic rings. The van der Waals surface area contributed by atoms with Gasteiger partial charge in [0.25, 0.3) is 5.91 Å². The van der Waals surface area contributed by atoms with Crippen LogP contribution in [0.15, 0.2) is 35.4 Å². The number of hydrogen-bond donors (Lipinski definition) is 3. The van der Waals surface area contributed by atoms with Crippen molar-refractivity contribution in [2.75, 3.05) is 0 Å². The Kier molecular flexibility index (Phi) is 7.06. The van der Waals surface area contributed by atoms with Crippen molar-refractivity contribution in [3.05, 3.63) is 51.7 Å². The lowest BCUT2D eigenvalue weighted by Crippen LogP contribution is -2.40. The van der Waals surface area contributed by atoms with Gasteiger partial charge in [-0.3, -0.25) is 13.9 Å². The highest BCUT2D eigenvalue weighted by molar-refractivity contribution is 6.33. The van der Waals surface area contributed by atoms with Crippen LogP contribution < -0.4 is 11.0 Å². The molecule has 0 spiro atoms. The van der Waals surface area contributed by atoms with E-state index in [9.17, 15) is 19.8 Å². The molecule has 8 heteroatoms. The van der Waals surface area contributed by atoms with Crippen LogP contribution in [-0.4, -0.2) is 37.1 Å². The third-order valence-electron chi connectivity index (χ3n) is 5.50. The van der Waals surface area contributed by atoms with Crippen LogP contribution in [0.5, 0.6) is 0 Å². The van der Waals surface area contributed by atoms with Gasteiger partial charge in [0.2, 0.25) is 0 Å². The lowest BCUT2D eigenvalue weighted by molar-refractivity contribution is 0.0531. The fourth-order valence-corrected chi connectivity index (χ4v) is 4.14. The highest BCUT2D eigenvalue weighted by Gasteiger charge is 2.24. The molecule has 164 valence electrons. The van der Waals surface area contributed by atoms with Gasteiger partial charge in [-0.05, 0) is 44.9 Å². The first-order chi connectivity index (χ1) is 14.2. The van der Waals surface area contributed by atoms with E-state index in [1.165, 1.54) is 15.2 Å². The van der Waals surface area contributed by atoms with Gasteiger partial charge < -0.3 is 15.5 Å². The standard InChI is InChI=1S/C22H30ClN3O4/c1-22(2,30)14-25-11-12-26(21(25)29)16-9-10-18(23)17(13-16)20(28)24-19(27)15-7-5-3-4-6-8-15/h9-13,15,19,27,30H,3-8,14H2,1-2H3,(H,24,28). The van der Waals surface area contributed by atoms with Gasteiger partial charge in [0.1, 0.15) is 6.23 Å². The van der Waals surface area contributed by atoms with Crippen LogP contribution in [0.25, 0.3) is 5.69 Å². The molecule has 1 heterocycles. The first-order valence-electron chi connectivity index (χ1n) is 10.4. The molecule has 3 N–H and O–H groups in total. The first-order valence-corrected chi connectivity index (χ1v) is 10.8. The summed E-state index contributed by atoms with van der Waals surface area (Å²) in [6, 6.07) is 4.74. The molecular formula is C22H30ClN3O4. The quantitative estimate of drug-likeness (QED) is 0.480. The number of aromatic nitrogens is 2. The monoisotopic (exact) mass is 435 g/mol. The molecule has 1 aliphatic carbocycles. The zero-order valence-electron chi connectivity index (χ0n) is 17.5. The Labute approximate surface area is 181 Å². The molecule has 30 heavy (non-hydrogen) atoms. The number of aliphatic hydroxyl groups excluding tert-OH is 1. The number of halogens is 1. The van der Waals surface area contributed by atoms with Crippen molar-refractivity contribution < 1.29 is 15.0 Å². The summed E-state index contributed by atoms with van der Waals surface area (Å²) in [7, 11) is 0. The second-order valence-corrected chi connectivity index (χ2v) is 9.13. The molecule has 0 saturated heterocycles. The average Bonchev–Trinajstić information content (AvgIpc) is 2.87. The van der Waals surface area contributed by atoms with Crippen molar-refractivity contribution in [2.45, 2.75) is 70.7 Å². The predicted molar refractivity (Wildman–Crippen MR) is 116 cm³/mol. The molecule has 1 aliphatic rings. The summed E-state index contributed by atoms with van der Waals surface area (Å²) in [6.07, 6.45) is 8.45. The molecular weight excluding hydrogens is 406 g/mol. The molecule has 0 aliphatic heterocycles. The van der Waals surface area contributed by atoms with Gasteiger partial charge in [-0.1, -0.05) is 37.3 Å². The van der Waals surface area contributed by atoms with E-state index in [2.05, 4.69) is 5.32 Å². The second kappa shape index (κ2) is 9.37. The minimum Gasteiger partial charge on any atom is -0.389 e. The lowest BCUT2D eigenvalue weighted by atomic mass is 9.98. The molecule has 3 rings (SSSR count). The number of benzene rings is 1. The highest BCUT2D eigenvalue weighted by atomic mass is 35.5. The summed E-state index contributed by atoms with van der Waals surface area (Å²) in [5.74, 6) is -0.431. The molecule has 1 aromatic heterocycles. The maximum atomic E-state index is 12.8. The van der Waals surface area contributed by atoms with Crippen molar-refractivity contribution in [2.24, 2.45) is 5.92 Å². The van der Waals surface area contributed by atoms with Crippen LogP contribution in [0.2, 0.25) is 5.02 Å². The minimum absolute atomic E-state index is 0.0388. The van der Waals surface area contributed by atoms with E-state index < -0.39 is 17.7 Å². The summed E-state index contributed by atoms with van der Waals surface area (Å²) < 4.78 is 2.80. The molecule has 1 fully saturated rings. The van der Waals surface area contributed by atoms with Gasteiger partial charge in [-0.15, -0.1) is 0 Å². The Morgan fingerprint density at radius 1 is 1.23 bits per heavy atom. The lowest BCUT2D eigenvalue weighted by Gasteiger charge is -2.22. The summed E-state index contributed by atoms with van der Waals surface area (Å²) in [4.78, 5) is 25.5. The smallest absolute Gasteiger partial charge is 0.332 e. The largest absolute Gasteiger partial charge is 0.389 e. The molecule has 7 nitrogen and oxygen atoms in total. The van der Waals surface area contributed by atoms with Gasteiger partial charge in [0.15, 0.2) is 0 Å². The number of carbonyl (C=O) groups is 1. The number of carbonyl (C=O) groups excluding carboxylic acids is 1. The first kappa shape index (κ1) is 22.6. The zero-order valence-corrected chi connectivity index (χ0v) is 18.2. The Bertz CT molecular complexity index is 937. The van der Waals surface area contributed by atoms with Crippen LogP contribution in [0.1, 0.15) is 62.7 Å². The molecule has 1 aromatic carbocycles. The maximum Gasteiger partial charge on any atom is 0.332 e. The summed E-state index contributed by atoms with van der Waals surface area (Å²) in [5, 5.41) is 23.4.